The highest BCUT2D eigenvalue weighted by atomic mass is 35.5. The molecule has 5 nitrogen and oxygen atoms in total. The highest BCUT2D eigenvalue weighted by Gasteiger charge is 2.24. The molecule has 0 saturated carbocycles. The number of hydrogen-bond acceptors (Lipinski definition) is 3. The van der Waals surface area contributed by atoms with Gasteiger partial charge in [0.15, 0.2) is 5.69 Å². The maximum absolute atomic E-state index is 12.6. The molecule has 0 bridgehead atoms. The average Bonchev–Trinajstić information content (AvgIpc) is 2.77. The lowest BCUT2D eigenvalue weighted by Crippen LogP contribution is -2.27. The van der Waals surface area contributed by atoms with Crippen molar-refractivity contribution in [3.05, 3.63) is 46.2 Å². The van der Waals surface area contributed by atoms with Crippen molar-refractivity contribution in [1.82, 2.24) is 15.1 Å². The zero-order valence-electron chi connectivity index (χ0n) is 14.1. The van der Waals surface area contributed by atoms with Gasteiger partial charge in [-0.1, -0.05) is 18.0 Å². The number of hydrogen-bond donors (Lipinski definition) is 2. The Hall–Kier alpha value is -1.56. The number of nitrogens with zero attached hydrogens (tertiary/aromatic N) is 2. The lowest BCUT2D eigenvalue weighted by atomic mass is 10.1. The highest BCUT2D eigenvalue weighted by Crippen LogP contribution is 2.27. The first-order chi connectivity index (χ1) is 11.7. The first-order valence-electron chi connectivity index (χ1n) is 8.55. The largest absolute Gasteiger partial charge is 0.351 e. The van der Waals surface area contributed by atoms with E-state index in [2.05, 4.69) is 10.4 Å². The summed E-state index contributed by atoms with van der Waals surface area (Å²) in [6.45, 7) is 1.15. The number of fused-ring (bicyclic) bond motifs is 1. The fourth-order valence-corrected chi connectivity index (χ4v) is 3.27. The molecule has 7 heteroatoms. The molecule has 0 fully saturated rings. The maximum Gasteiger partial charge on any atom is 0.272 e. The Labute approximate surface area is 159 Å². The minimum Gasteiger partial charge on any atom is -0.351 e. The third-order valence-electron chi connectivity index (χ3n) is 4.38. The predicted octanol–water partition coefficient (Wildman–Crippen LogP) is 3.30. The number of nitrogens with one attached hydrogen (secondary N) is 1. The molecule has 1 amide bonds. The summed E-state index contributed by atoms with van der Waals surface area (Å²) >= 11 is 5.99. The van der Waals surface area contributed by atoms with Gasteiger partial charge in [-0.2, -0.15) is 5.10 Å². The van der Waals surface area contributed by atoms with Crippen LogP contribution in [0.4, 0.5) is 0 Å². The van der Waals surface area contributed by atoms with Crippen molar-refractivity contribution in [3.63, 3.8) is 0 Å². The zero-order valence-corrected chi connectivity index (χ0v) is 15.7. The quantitative estimate of drug-likeness (QED) is 0.615. The van der Waals surface area contributed by atoms with E-state index in [1.165, 1.54) is 6.42 Å². The third-order valence-corrected chi connectivity index (χ3v) is 4.63. The van der Waals surface area contributed by atoms with Crippen LogP contribution in [0.15, 0.2) is 24.3 Å². The molecule has 1 heterocycles. The normalized spacial score (nSPS) is 13.5. The fourth-order valence-electron chi connectivity index (χ4n) is 3.14. The van der Waals surface area contributed by atoms with Crippen LogP contribution in [-0.4, -0.2) is 28.8 Å². The van der Waals surface area contributed by atoms with E-state index in [0.717, 1.165) is 49.0 Å². The molecular formula is C18H24Cl2N4O. The van der Waals surface area contributed by atoms with Crippen LogP contribution in [-0.2, 0) is 12.8 Å². The number of nitrogens with two attached hydrogens (primary N) is 1. The molecule has 0 radical (unpaired) electrons. The van der Waals surface area contributed by atoms with Gasteiger partial charge >= 0.3 is 0 Å². The molecule has 0 spiro atoms. The molecule has 0 atom stereocenters. The van der Waals surface area contributed by atoms with Crippen LogP contribution < -0.4 is 11.1 Å². The molecular weight excluding hydrogens is 359 g/mol. The van der Waals surface area contributed by atoms with E-state index in [0.29, 0.717) is 23.8 Å². The Balaban J connectivity index is 0.00000225. The number of amides is 1. The number of carbonyl (C=O) groups excluding carboxylic acids is 1. The average molecular weight is 383 g/mol. The lowest BCUT2D eigenvalue weighted by Gasteiger charge is -2.07. The standard InChI is InChI=1S/C18H23ClN4O.ClH/c19-13-7-9-14(10-8-13)23-16-6-3-1-2-5-15(16)17(22-23)18(24)21-12-4-11-20;/h7-10H,1-6,11-12,20H2,(H,21,24);1H. The van der Waals surface area contributed by atoms with Crippen LogP contribution >= 0.6 is 24.0 Å². The fraction of sp³-hybridized carbons (Fsp3) is 0.444. The number of aromatic nitrogens is 2. The maximum atomic E-state index is 12.6. The van der Waals surface area contributed by atoms with Gasteiger partial charge in [-0.05, 0) is 62.9 Å². The van der Waals surface area contributed by atoms with Gasteiger partial charge in [-0.25, -0.2) is 4.68 Å². The molecule has 2 aromatic rings. The van der Waals surface area contributed by atoms with Crippen molar-refractivity contribution >= 4 is 29.9 Å². The molecule has 1 aliphatic rings. The number of rotatable bonds is 5. The molecule has 25 heavy (non-hydrogen) atoms. The van der Waals surface area contributed by atoms with Crippen molar-refractivity contribution in [2.45, 2.75) is 38.5 Å². The highest BCUT2D eigenvalue weighted by molar-refractivity contribution is 6.30. The summed E-state index contributed by atoms with van der Waals surface area (Å²) in [6, 6.07) is 7.58. The number of benzene rings is 1. The summed E-state index contributed by atoms with van der Waals surface area (Å²) in [7, 11) is 0. The molecule has 0 unspecified atom stereocenters. The van der Waals surface area contributed by atoms with Gasteiger partial charge in [0, 0.05) is 22.8 Å². The van der Waals surface area contributed by atoms with Gasteiger partial charge in [-0.15, -0.1) is 12.4 Å². The minimum atomic E-state index is -0.102. The predicted molar refractivity (Wildman–Crippen MR) is 103 cm³/mol. The van der Waals surface area contributed by atoms with E-state index in [-0.39, 0.29) is 18.3 Å². The van der Waals surface area contributed by atoms with Crippen molar-refractivity contribution < 1.29 is 4.79 Å². The summed E-state index contributed by atoms with van der Waals surface area (Å²) in [6.07, 6.45) is 6.03. The van der Waals surface area contributed by atoms with Crippen LogP contribution in [0.25, 0.3) is 5.69 Å². The summed E-state index contributed by atoms with van der Waals surface area (Å²) in [4.78, 5) is 12.6. The van der Waals surface area contributed by atoms with Gasteiger partial charge < -0.3 is 11.1 Å². The van der Waals surface area contributed by atoms with E-state index < -0.39 is 0 Å². The molecule has 3 rings (SSSR count). The third kappa shape index (κ3) is 4.54. The van der Waals surface area contributed by atoms with E-state index in [1.54, 1.807) is 0 Å². The SMILES string of the molecule is Cl.NCCCNC(=O)c1nn(-c2ccc(Cl)cc2)c2c1CCCCC2. The Kier molecular flexibility index (Phi) is 7.29. The summed E-state index contributed by atoms with van der Waals surface area (Å²) in [5.74, 6) is -0.102. The van der Waals surface area contributed by atoms with Crippen molar-refractivity contribution in [1.29, 1.82) is 0 Å². The Morgan fingerprint density at radius 2 is 1.92 bits per heavy atom. The van der Waals surface area contributed by atoms with Crippen LogP contribution in [0, 0.1) is 0 Å². The zero-order chi connectivity index (χ0) is 16.9. The van der Waals surface area contributed by atoms with Crippen LogP contribution in [0.3, 0.4) is 0 Å². The number of carbonyl (C=O) groups is 1. The van der Waals surface area contributed by atoms with Gasteiger partial charge in [0.05, 0.1) is 5.69 Å². The van der Waals surface area contributed by atoms with Crippen LogP contribution in [0.1, 0.15) is 47.4 Å². The Morgan fingerprint density at radius 3 is 2.64 bits per heavy atom. The van der Waals surface area contributed by atoms with Crippen molar-refractivity contribution in [2.24, 2.45) is 5.73 Å². The minimum absolute atomic E-state index is 0. The first-order valence-corrected chi connectivity index (χ1v) is 8.93. The van der Waals surface area contributed by atoms with Gasteiger partial charge in [0.2, 0.25) is 0 Å². The molecule has 1 aliphatic carbocycles. The molecule has 1 aromatic carbocycles. The van der Waals surface area contributed by atoms with Crippen molar-refractivity contribution in [3.8, 4) is 5.69 Å². The second-order valence-corrected chi connectivity index (χ2v) is 6.56. The second kappa shape index (κ2) is 9.22. The molecule has 1 aromatic heterocycles. The van der Waals surface area contributed by atoms with E-state index in [4.69, 9.17) is 17.3 Å². The van der Waals surface area contributed by atoms with Crippen LogP contribution in [0.2, 0.25) is 5.02 Å². The van der Waals surface area contributed by atoms with E-state index in [9.17, 15) is 4.79 Å². The Morgan fingerprint density at radius 1 is 1.20 bits per heavy atom. The summed E-state index contributed by atoms with van der Waals surface area (Å²) in [5.41, 5.74) is 9.24. The van der Waals surface area contributed by atoms with Gasteiger partial charge in [-0.3, -0.25) is 4.79 Å². The second-order valence-electron chi connectivity index (χ2n) is 6.12. The van der Waals surface area contributed by atoms with E-state index in [1.807, 2.05) is 28.9 Å². The molecule has 0 saturated heterocycles. The summed E-state index contributed by atoms with van der Waals surface area (Å²) in [5, 5.41) is 8.26. The molecule has 3 N–H and O–H groups in total. The smallest absolute Gasteiger partial charge is 0.272 e. The molecule has 136 valence electrons. The monoisotopic (exact) mass is 382 g/mol. The van der Waals surface area contributed by atoms with Gasteiger partial charge in [0.25, 0.3) is 5.91 Å². The molecule has 0 aliphatic heterocycles. The topological polar surface area (TPSA) is 72.9 Å². The number of halogens is 2. The summed E-state index contributed by atoms with van der Waals surface area (Å²) < 4.78 is 1.91. The van der Waals surface area contributed by atoms with E-state index >= 15 is 0 Å². The van der Waals surface area contributed by atoms with Crippen molar-refractivity contribution in [2.75, 3.05) is 13.1 Å². The van der Waals surface area contributed by atoms with Gasteiger partial charge in [0.1, 0.15) is 0 Å². The lowest BCUT2D eigenvalue weighted by molar-refractivity contribution is 0.0947. The van der Waals surface area contributed by atoms with Crippen LogP contribution in [0.5, 0.6) is 0 Å². The Bertz CT molecular complexity index is 713. The first kappa shape index (κ1) is 19.8.